The highest BCUT2D eigenvalue weighted by molar-refractivity contribution is 6.33. The Morgan fingerprint density at radius 1 is 1.24 bits per heavy atom. The van der Waals surface area contributed by atoms with Crippen LogP contribution in [0.25, 0.3) is 11.2 Å². The van der Waals surface area contributed by atoms with Crippen molar-refractivity contribution in [3.8, 4) is 0 Å². The summed E-state index contributed by atoms with van der Waals surface area (Å²) < 4.78 is 4.08. The van der Waals surface area contributed by atoms with Gasteiger partial charge in [0.1, 0.15) is 0 Å². The second-order valence-corrected chi connectivity index (χ2v) is 5.86. The molecule has 1 aromatic carbocycles. The van der Waals surface area contributed by atoms with Crippen LogP contribution in [-0.4, -0.2) is 24.9 Å². The Morgan fingerprint density at radius 2 is 1.96 bits per heavy atom. The molecule has 0 saturated carbocycles. The molecule has 0 aliphatic heterocycles. The Kier molecular flexibility index (Phi) is 4.45. The molecule has 2 heterocycles. The lowest BCUT2D eigenvalue weighted by molar-refractivity contribution is 0.700. The number of benzene rings is 1. The van der Waals surface area contributed by atoms with Crippen molar-refractivity contribution in [2.45, 2.75) is 13.5 Å². The molecule has 2 aromatic heterocycles. The van der Waals surface area contributed by atoms with Gasteiger partial charge in [-0.25, -0.2) is 10.2 Å². The summed E-state index contributed by atoms with van der Waals surface area (Å²) in [4.78, 5) is 28.9. The van der Waals surface area contributed by atoms with Crippen LogP contribution in [0.4, 0.5) is 5.95 Å². The van der Waals surface area contributed by atoms with Gasteiger partial charge in [-0.3, -0.25) is 13.9 Å². The van der Waals surface area contributed by atoms with E-state index >= 15 is 0 Å². The first-order valence-electron chi connectivity index (χ1n) is 7.65. The highest BCUT2D eigenvalue weighted by Gasteiger charge is 2.17. The second kappa shape index (κ2) is 6.56. The molecule has 3 rings (SSSR count). The normalized spacial score (nSPS) is 11.5. The minimum Gasteiger partial charge on any atom is -0.303 e. The van der Waals surface area contributed by atoms with E-state index in [9.17, 15) is 9.59 Å². The number of hydrogen-bond donors (Lipinski definition) is 1. The number of imidazole rings is 1. The molecule has 1 N–H and O–H groups in total. The smallest absolute Gasteiger partial charge is 0.303 e. The maximum absolute atomic E-state index is 12.4. The van der Waals surface area contributed by atoms with Gasteiger partial charge in [0.15, 0.2) is 11.2 Å². The van der Waals surface area contributed by atoms with Gasteiger partial charge in [0.05, 0.1) is 6.21 Å². The van der Waals surface area contributed by atoms with Crippen LogP contribution in [-0.2, 0) is 20.6 Å². The molecule has 0 saturated heterocycles. The Hall–Kier alpha value is -2.87. The van der Waals surface area contributed by atoms with Gasteiger partial charge in [-0.15, -0.1) is 0 Å². The standard InChI is InChI=1S/C16H17ClN6O2/c1-4-23-12-13(21(2)16(25)22(3)14(12)24)19-15(23)20-18-9-10-7-5-6-8-11(10)17/h5-9H,4H2,1-3H3,(H,19,20)/b18-9-. The number of anilines is 1. The topological polar surface area (TPSA) is 86.2 Å². The molecule has 9 heteroatoms. The summed E-state index contributed by atoms with van der Waals surface area (Å²) in [5, 5.41) is 4.72. The molecule has 0 amide bonds. The van der Waals surface area contributed by atoms with E-state index in [2.05, 4.69) is 15.5 Å². The van der Waals surface area contributed by atoms with E-state index in [0.717, 1.165) is 10.1 Å². The van der Waals surface area contributed by atoms with Crippen molar-refractivity contribution in [3.05, 3.63) is 55.7 Å². The van der Waals surface area contributed by atoms with E-state index in [-0.39, 0.29) is 0 Å². The molecule has 8 nitrogen and oxygen atoms in total. The van der Waals surface area contributed by atoms with Gasteiger partial charge in [0.2, 0.25) is 5.95 Å². The van der Waals surface area contributed by atoms with Gasteiger partial charge in [-0.1, -0.05) is 29.8 Å². The van der Waals surface area contributed by atoms with Gasteiger partial charge < -0.3 is 4.57 Å². The van der Waals surface area contributed by atoms with Crippen LogP contribution in [0.3, 0.4) is 0 Å². The van der Waals surface area contributed by atoms with Crippen LogP contribution in [0, 0.1) is 0 Å². The third-order valence-corrected chi connectivity index (χ3v) is 4.28. The molecular weight excluding hydrogens is 344 g/mol. The molecule has 0 aliphatic rings. The van der Waals surface area contributed by atoms with E-state index in [0.29, 0.717) is 28.7 Å². The summed E-state index contributed by atoms with van der Waals surface area (Å²) in [6, 6.07) is 7.29. The monoisotopic (exact) mass is 360 g/mol. The predicted octanol–water partition coefficient (Wildman–Crippen LogP) is 1.55. The summed E-state index contributed by atoms with van der Waals surface area (Å²) in [6.45, 7) is 2.38. The van der Waals surface area contributed by atoms with Crippen molar-refractivity contribution in [3.63, 3.8) is 0 Å². The highest BCUT2D eigenvalue weighted by Crippen LogP contribution is 2.16. The molecule has 0 spiro atoms. The van der Waals surface area contributed by atoms with Crippen LogP contribution >= 0.6 is 11.6 Å². The van der Waals surface area contributed by atoms with E-state index in [1.165, 1.54) is 11.6 Å². The quantitative estimate of drug-likeness (QED) is 0.565. The summed E-state index contributed by atoms with van der Waals surface area (Å²) in [7, 11) is 3.02. The fourth-order valence-corrected chi connectivity index (χ4v) is 2.76. The molecule has 0 aliphatic carbocycles. The van der Waals surface area contributed by atoms with Crippen LogP contribution < -0.4 is 16.7 Å². The van der Waals surface area contributed by atoms with Gasteiger partial charge in [0.25, 0.3) is 5.56 Å². The van der Waals surface area contributed by atoms with Gasteiger partial charge >= 0.3 is 5.69 Å². The maximum Gasteiger partial charge on any atom is 0.332 e. The Balaban J connectivity index is 2.07. The fraction of sp³-hybridized carbons (Fsp3) is 0.250. The van der Waals surface area contributed by atoms with E-state index in [1.54, 1.807) is 23.9 Å². The SMILES string of the molecule is CCn1c(N/N=C\c2ccccc2Cl)nc2c1c(=O)n(C)c(=O)n2C. The number of nitrogens with one attached hydrogen (secondary N) is 1. The summed E-state index contributed by atoms with van der Waals surface area (Å²) in [5.74, 6) is 0.374. The molecule has 25 heavy (non-hydrogen) atoms. The number of aryl methyl sites for hydroxylation is 2. The van der Waals surface area contributed by atoms with Gasteiger partial charge in [-0.05, 0) is 13.0 Å². The average molecular weight is 361 g/mol. The molecule has 0 bridgehead atoms. The third kappa shape index (κ3) is 2.85. The predicted molar refractivity (Wildman–Crippen MR) is 98.6 cm³/mol. The number of hydrogen-bond acceptors (Lipinski definition) is 5. The molecular formula is C16H17ClN6O2. The van der Waals surface area contributed by atoms with Gasteiger partial charge in [-0.2, -0.15) is 10.1 Å². The van der Waals surface area contributed by atoms with E-state index in [4.69, 9.17) is 11.6 Å². The first kappa shape index (κ1) is 17.0. The van der Waals surface area contributed by atoms with Crippen LogP contribution in [0.1, 0.15) is 12.5 Å². The minimum atomic E-state index is -0.427. The largest absolute Gasteiger partial charge is 0.332 e. The lowest BCUT2D eigenvalue weighted by Gasteiger charge is -2.06. The molecule has 0 atom stereocenters. The van der Waals surface area contributed by atoms with Crippen LogP contribution in [0.15, 0.2) is 39.0 Å². The lowest BCUT2D eigenvalue weighted by atomic mass is 10.2. The fourth-order valence-electron chi connectivity index (χ4n) is 2.58. The number of nitrogens with zero attached hydrogens (tertiary/aromatic N) is 5. The summed E-state index contributed by atoms with van der Waals surface area (Å²) >= 11 is 6.08. The first-order valence-corrected chi connectivity index (χ1v) is 8.03. The van der Waals surface area contributed by atoms with Crippen LogP contribution in [0.5, 0.6) is 0 Å². The Morgan fingerprint density at radius 3 is 2.64 bits per heavy atom. The Bertz CT molecular complexity index is 1090. The zero-order valence-electron chi connectivity index (χ0n) is 14.0. The zero-order chi connectivity index (χ0) is 18.1. The molecule has 0 radical (unpaired) electrons. The second-order valence-electron chi connectivity index (χ2n) is 5.45. The zero-order valence-corrected chi connectivity index (χ0v) is 14.8. The number of fused-ring (bicyclic) bond motifs is 1. The summed E-state index contributed by atoms with van der Waals surface area (Å²) in [6.07, 6.45) is 1.57. The average Bonchev–Trinajstić information content (AvgIpc) is 2.98. The van der Waals surface area contributed by atoms with Crippen molar-refractivity contribution in [2.24, 2.45) is 19.2 Å². The molecule has 0 fully saturated rings. The van der Waals surface area contributed by atoms with Crippen LogP contribution in [0.2, 0.25) is 5.02 Å². The lowest BCUT2D eigenvalue weighted by Crippen LogP contribution is -2.37. The van der Waals surface area contributed by atoms with Crippen molar-refractivity contribution in [1.82, 2.24) is 18.7 Å². The number of hydrazone groups is 1. The molecule has 3 aromatic rings. The van der Waals surface area contributed by atoms with Crippen molar-refractivity contribution in [1.29, 1.82) is 0 Å². The van der Waals surface area contributed by atoms with Crippen molar-refractivity contribution < 1.29 is 0 Å². The summed E-state index contributed by atoms with van der Waals surface area (Å²) in [5.41, 5.74) is 3.41. The minimum absolute atomic E-state index is 0.311. The number of aromatic nitrogens is 4. The Labute approximate surface area is 148 Å². The maximum atomic E-state index is 12.4. The number of rotatable bonds is 4. The van der Waals surface area contributed by atoms with Crippen molar-refractivity contribution >= 4 is 34.9 Å². The molecule has 0 unspecified atom stereocenters. The highest BCUT2D eigenvalue weighted by atomic mass is 35.5. The van der Waals surface area contributed by atoms with E-state index in [1.807, 2.05) is 25.1 Å². The van der Waals surface area contributed by atoms with Crippen molar-refractivity contribution in [2.75, 3.05) is 5.43 Å². The van der Waals surface area contributed by atoms with E-state index < -0.39 is 11.2 Å². The molecule has 130 valence electrons. The third-order valence-electron chi connectivity index (χ3n) is 3.94. The first-order chi connectivity index (χ1) is 12.0. The number of halogens is 1. The van der Waals surface area contributed by atoms with Gasteiger partial charge in [0, 0.05) is 31.2 Å².